The molecule has 84 heavy (non-hydrogen) atoms. The average molecular weight is 1230 g/mol. The van der Waals surface area contributed by atoms with Gasteiger partial charge in [0.05, 0.1) is 0 Å². The maximum atomic E-state index is 13.0. The molecular weight excluding hydrogens is 1130 g/mol. The lowest BCUT2D eigenvalue weighted by Gasteiger charge is -2.43. The predicted molar refractivity (Wildman–Crippen MR) is 324 cm³/mol. The lowest BCUT2D eigenvalue weighted by Crippen LogP contribution is -2.36. The Morgan fingerprint density at radius 2 is 0.667 bits per heavy atom. The highest BCUT2D eigenvalue weighted by Gasteiger charge is 2.57. The molecule has 4 aromatic carbocycles. The molecule has 16 heteroatoms. The van der Waals surface area contributed by atoms with E-state index in [-0.39, 0.29) is 35.2 Å². The first kappa shape index (κ1) is 70.8. The number of phenols is 4. The Labute approximate surface area is 503 Å². The summed E-state index contributed by atoms with van der Waals surface area (Å²) in [5.74, 6) is -4.39. The Bertz CT molecular complexity index is 2350. The summed E-state index contributed by atoms with van der Waals surface area (Å²) >= 11 is 3.58. The summed E-state index contributed by atoms with van der Waals surface area (Å²) in [5, 5.41) is 39.7. The molecule has 2 heterocycles. The zero-order valence-corrected chi connectivity index (χ0v) is 51.6. The molecular formula is C68H94F10O4S2. The van der Waals surface area contributed by atoms with E-state index >= 15 is 0 Å². The smallest absolute Gasteiger partial charge is 0.453 e. The number of hydrogen-bond acceptors (Lipinski definition) is 6. The molecule has 2 aliphatic heterocycles. The second kappa shape index (κ2) is 33.4. The third-order valence-corrected chi connectivity index (χ3v) is 20.8. The molecule has 4 nitrogen and oxygen atoms in total. The van der Waals surface area contributed by atoms with Gasteiger partial charge in [-0.25, -0.2) is 0 Å². The second-order valence-electron chi connectivity index (χ2n) is 25.0. The number of halogens is 10. The van der Waals surface area contributed by atoms with Gasteiger partial charge in [-0.1, -0.05) is 205 Å². The third-order valence-electron chi connectivity index (χ3n) is 18.0. The Morgan fingerprint density at radius 3 is 0.976 bits per heavy atom. The molecule has 2 aliphatic rings. The van der Waals surface area contributed by atoms with Crippen molar-refractivity contribution in [2.75, 3.05) is 11.5 Å². The van der Waals surface area contributed by atoms with E-state index in [0.717, 1.165) is 98.3 Å². The van der Waals surface area contributed by atoms with Crippen LogP contribution in [0, 0.1) is 11.8 Å². The number of rotatable bonds is 34. The molecule has 0 fully saturated rings. The zero-order valence-electron chi connectivity index (χ0n) is 50.0. The van der Waals surface area contributed by atoms with Gasteiger partial charge in [-0.15, -0.1) is 23.5 Å². The summed E-state index contributed by atoms with van der Waals surface area (Å²) in [6.07, 6.45) is 11.2. The van der Waals surface area contributed by atoms with Gasteiger partial charge in [0.2, 0.25) is 0 Å². The average Bonchev–Trinajstić information content (AvgIpc) is 1.19. The number of hydrogen-bond donors (Lipinski definition) is 4. The van der Waals surface area contributed by atoms with Crippen molar-refractivity contribution < 1.29 is 64.3 Å². The summed E-state index contributed by atoms with van der Waals surface area (Å²) in [4.78, 5) is 2.32. The van der Waals surface area contributed by atoms with E-state index in [1.54, 1.807) is 59.9 Å². The monoisotopic (exact) mass is 1230 g/mol. The highest BCUT2D eigenvalue weighted by atomic mass is 32.2. The standard InChI is InChI=1S/2C34H47F5O2S/c2*1-25(14-10-7-8-12-22-33(35,36)34(37,38)39)13-9-5-3-4-6-11-15-30-29-21-20-28(41)23-31(29)42-24-32(30,2)26-16-18-27(40)19-17-26/h2*16-21,23,25,30,40-41H,3-15,22,24H2,1-2H3/t2*25?,30-,32-/m11/s1. The molecule has 472 valence electrons. The molecule has 0 aromatic heterocycles. The van der Waals surface area contributed by atoms with Crippen LogP contribution in [-0.2, 0) is 10.8 Å². The van der Waals surface area contributed by atoms with E-state index in [1.165, 1.54) is 73.6 Å². The summed E-state index contributed by atoms with van der Waals surface area (Å²) in [6.45, 7) is 9.03. The van der Waals surface area contributed by atoms with Gasteiger partial charge in [0.1, 0.15) is 23.0 Å². The number of benzene rings is 4. The van der Waals surface area contributed by atoms with Gasteiger partial charge in [0, 0.05) is 45.0 Å². The van der Waals surface area contributed by atoms with Gasteiger partial charge in [-0.05, 0) is 120 Å². The third kappa shape index (κ3) is 21.7. The van der Waals surface area contributed by atoms with Crippen molar-refractivity contribution in [1.82, 2.24) is 0 Å². The highest BCUT2D eigenvalue weighted by molar-refractivity contribution is 7.99. The zero-order chi connectivity index (χ0) is 61.6. The van der Waals surface area contributed by atoms with E-state index < -0.39 is 37.0 Å². The van der Waals surface area contributed by atoms with Crippen molar-refractivity contribution in [3.8, 4) is 23.0 Å². The van der Waals surface area contributed by atoms with Gasteiger partial charge < -0.3 is 20.4 Å². The number of alkyl halides is 10. The van der Waals surface area contributed by atoms with Crippen LogP contribution < -0.4 is 0 Å². The molecule has 4 aromatic rings. The van der Waals surface area contributed by atoms with E-state index in [1.807, 2.05) is 36.4 Å². The molecule has 4 N–H and O–H groups in total. The number of aromatic hydroxyl groups is 4. The van der Waals surface area contributed by atoms with Crippen LogP contribution in [-0.4, -0.2) is 56.1 Å². The van der Waals surface area contributed by atoms with E-state index in [4.69, 9.17) is 0 Å². The molecule has 0 spiro atoms. The lowest BCUT2D eigenvalue weighted by atomic mass is 9.68. The molecule has 6 atom stereocenters. The maximum Gasteiger partial charge on any atom is 0.453 e. The minimum atomic E-state index is -5.44. The number of phenolic OH excluding ortho intramolecular Hbond substituents is 4. The van der Waals surface area contributed by atoms with Gasteiger partial charge >= 0.3 is 24.2 Å². The Kier molecular flexibility index (Phi) is 28.2. The van der Waals surface area contributed by atoms with Crippen LogP contribution in [0.25, 0.3) is 0 Å². The molecule has 0 amide bonds. The van der Waals surface area contributed by atoms with E-state index in [9.17, 15) is 64.3 Å². The Hall–Kier alpha value is -3.92. The first-order valence-electron chi connectivity index (χ1n) is 31.1. The fraction of sp³-hybridized carbons (Fsp3) is 0.647. The summed E-state index contributed by atoms with van der Waals surface area (Å²) in [7, 11) is 0. The second-order valence-corrected chi connectivity index (χ2v) is 27.0. The minimum Gasteiger partial charge on any atom is -0.508 e. The fourth-order valence-electron chi connectivity index (χ4n) is 12.5. The van der Waals surface area contributed by atoms with Crippen LogP contribution in [0.15, 0.2) is 94.7 Å². The van der Waals surface area contributed by atoms with Crippen LogP contribution in [0.5, 0.6) is 23.0 Å². The quantitative estimate of drug-likeness (QED) is 0.0276. The largest absolute Gasteiger partial charge is 0.508 e. The van der Waals surface area contributed by atoms with Crippen LogP contribution in [0.3, 0.4) is 0 Å². The molecule has 0 saturated carbocycles. The van der Waals surface area contributed by atoms with Crippen molar-refractivity contribution in [1.29, 1.82) is 0 Å². The van der Waals surface area contributed by atoms with Gasteiger partial charge in [-0.2, -0.15) is 43.9 Å². The molecule has 2 unspecified atom stereocenters. The lowest BCUT2D eigenvalue weighted by molar-refractivity contribution is -0.284. The Balaban J connectivity index is 0.000000307. The highest BCUT2D eigenvalue weighted by Crippen LogP contribution is 2.54. The molecule has 0 saturated heterocycles. The first-order valence-corrected chi connectivity index (χ1v) is 33.0. The number of thioether (sulfide) groups is 2. The minimum absolute atomic E-state index is 0.0629. The summed E-state index contributed by atoms with van der Waals surface area (Å²) in [6, 6.07) is 26.7. The predicted octanol–water partition coefficient (Wildman–Crippen LogP) is 23.1. The number of unbranched alkanes of at least 4 members (excludes halogenated alkanes) is 16. The van der Waals surface area contributed by atoms with Crippen molar-refractivity contribution in [2.45, 2.75) is 264 Å². The Morgan fingerprint density at radius 1 is 0.393 bits per heavy atom. The van der Waals surface area contributed by atoms with Crippen LogP contribution in [0.1, 0.15) is 242 Å². The molecule has 6 rings (SSSR count). The van der Waals surface area contributed by atoms with E-state index in [2.05, 4.69) is 39.8 Å². The van der Waals surface area contributed by atoms with Crippen LogP contribution in [0.2, 0.25) is 0 Å². The van der Waals surface area contributed by atoms with Gasteiger partial charge in [-0.3, -0.25) is 0 Å². The maximum absolute atomic E-state index is 13.0. The topological polar surface area (TPSA) is 80.9 Å². The van der Waals surface area contributed by atoms with E-state index in [0.29, 0.717) is 60.9 Å². The molecule has 0 radical (unpaired) electrons. The summed E-state index contributed by atoms with van der Waals surface area (Å²) in [5.41, 5.74) is 4.93. The van der Waals surface area contributed by atoms with Gasteiger partial charge in [0.15, 0.2) is 0 Å². The van der Waals surface area contributed by atoms with Crippen molar-refractivity contribution in [3.63, 3.8) is 0 Å². The molecule has 0 aliphatic carbocycles. The molecule has 0 bridgehead atoms. The van der Waals surface area contributed by atoms with Crippen molar-refractivity contribution in [3.05, 3.63) is 107 Å². The van der Waals surface area contributed by atoms with Crippen LogP contribution >= 0.6 is 23.5 Å². The summed E-state index contributed by atoms with van der Waals surface area (Å²) < 4.78 is 125. The SMILES string of the molecule is CC(CCCCCCCC[C@@H]1c2ccc(O)cc2SC[C@]1(C)c1ccc(O)cc1)CCCCCCC(F)(F)C(F)(F)F.CC(CCCCCCCC[C@@H]1c2ccc(O)cc2SC[C@]1(C)c1ccc(O)cc1)CCCCCCC(F)(F)C(F)(F)F. The van der Waals surface area contributed by atoms with Crippen molar-refractivity contribution in [2.24, 2.45) is 11.8 Å². The van der Waals surface area contributed by atoms with Gasteiger partial charge in [0.25, 0.3) is 0 Å². The number of fused-ring (bicyclic) bond motifs is 2. The van der Waals surface area contributed by atoms with Crippen molar-refractivity contribution >= 4 is 23.5 Å². The first-order chi connectivity index (χ1) is 39.7. The van der Waals surface area contributed by atoms with Crippen LogP contribution in [0.4, 0.5) is 43.9 Å². The normalized spacial score (nSPS) is 19.9. The fourth-order valence-corrected chi connectivity index (χ4v) is 15.3.